The largest absolute Gasteiger partial charge is 0.357 e. The summed E-state index contributed by atoms with van der Waals surface area (Å²) in [4.78, 5) is 18.7. The lowest BCUT2D eigenvalue weighted by Crippen LogP contribution is -2.27. The highest BCUT2D eigenvalue weighted by Crippen LogP contribution is 2.12. The van der Waals surface area contributed by atoms with Gasteiger partial charge in [0.25, 0.3) is 5.91 Å². The second-order valence-electron chi connectivity index (χ2n) is 5.83. The molecular formula is C17H29N3O. The standard InChI is InChI=1S/C17H29N3O/c1-5-11-20(12-6-2)16-8-7-15(13-19-16)17(21)18-10-9-14(3)4/h7-8,13-14H,5-6,9-12H2,1-4H3,(H,18,21). The molecule has 0 aliphatic carbocycles. The topological polar surface area (TPSA) is 45.2 Å². The maximum atomic E-state index is 12.0. The highest BCUT2D eigenvalue weighted by Gasteiger charge is 2.09. The zero-order chi connectivity index (χ0) is 15.7. The lowest BCUT2D eigenvalue weighted by atomic mass is 10.1. The van der Waals surface area contributed by atoms with Gasteiger partial charge in [0.05, 0.1) is 5.56 Å². The summed E-state index contributed by atoms with van der Waals surface area (Å²) in [7, 11) is 0. The van der Waals surface area contributed by atoms with Gasteiger partial charge in [0.2, 0.25) is 0 Å². The molecule has 4 heteroatoms. The van der Waals surface area contributed by atoms with E-state index in [1.54, 1.807) is 6.20 Å². The van der Waals surface area contributed by atoms with Gasteiger partial charge < -0.3 is 10.2 Å². The minimum absolute atomic E-state index is 0.0350. The van der Waals surface area contributed by atoms with Crippen LogP contribution < -0.4 is 10.2 Å². The molecule has 0 atom stereocenters. The molecule has 0 aliphatic rings. The first kappa shape index (κ1) is 17.5. The average Bonchev–Trinajstić information content (AvgIpc) is 2.47. The molecule has 0 bridgehead atoms. The molecule has 1 aromatic heterocycles. The van der Waals surface area contributed by atoms with Crippen LogP contribution in [-0.4, -0.2) is 30.5 Å². The van der Waals surface area contributed by atoms with E-state index in [9.17, 15) is 4.79 Å². The van der Waals surface area contributed by atoms with Crippen LogP contribution in [0.2, 0.25) is 0 Å². The molecule has 1 heterocycles. The van der Waals surface area contributed by atoms with Gasteiger partial charge in [-0.05, 0) is 37.3 Å². The SMILES string of the molecule is CCCN(CCC)c1ccc(C(=O)NCCC(C)C)cn1. The number of amides is 1. The fourth-order valence-corrected chi connectivity index (χ4v) is 2.16. The van der Waals surface area contributed by atoms with Crippen molar-refractivity contribution in [2.45, 2.75) is 47.0 Å². The van der Waals surface area contributed by atoms with Crippen LogP contribution in [0.5, 0.6) is 0 Å². The summed E-state index contributed by atoms with van der Waals surface area (Å²) in [5.74, 6) is 1.52. The van der Waals surface area contributed by atoms with Crippen molar-refractivity contribution in [2.75, 3.05) is 24.5 Å². The maximum absolute atomic E-state index is 12.0. The Kier molecular flexibility index (Phi) is 7.80. The summed E-state index contributed by atoms with van der Waals surface area (Å²) in [6.07, 6.45) is 4.87. The first-order valence-electron chi connectivity index (χ1n) is 8.07. The number of carbonyl (C=O) groups excluding carboxylic acids is 1. The third-order valence-electron chi connectivity index (χ3n) is 3.33. The molecule has 0 saturated heterocycles. The summed E-state index contributed by atoms with van der Waals surface area (Å²) in [6, 6.07) is 3.81. The van der Waals surface area contributed by atoms with E-state index in [2.05, 4.69) is 42.9 Å². The van der Waals surface area contributed by atoms with Crippen LogP contribution in [-0.2, 0) is 0 Å². The zero-order valence-corrected chi connectivity index (χ0v) is 13.9. The molecule has 118 valence electrons. The summed E-state index contributed by atoms with van der Waals surface area (Å²) >= 11 is 0. The third kappa shape index (κ3) is 6.15. The van der Waals surface area contributed by atoms with Crippen LogP contribution >= 0.6 is 0 Å². The Labute approximate surface area is 129 Å². The Hall–Kier alpha value is -1.58. The quantitative estimate of drug-likeness (QED) is 0.757. The van der Waals surface area contributed by atoms with Gasteiger partial charge in [0.1, 0.15) is 5.82 Å². The Morgan fingerprint density at radius 3 is 2.38 bits per heavy atom. The summed E-state index contributed by atoms with van der Waals surface area (Å²) in [5, 5.41) is 2.94. The van der Waals surface area contributed by atoms with E-state index in [0.717, 1.165) is 44.7 Å². The first-order valence-corrected chi connectivity index (χ1v) is 8.07. The Morgan fingerprint density at radius 2 is 1.90 bits per heavy atom. The van der Waals surface area contributed by atoms with Gasteiger partial charge in [0, 0.05) is 25.8 Å². The van der Waals surface area contributed by atoms with Crippen molar-refractivity contribution in [3.63, 3.8) is 0 Å². The lowest BCUT2D eigenvalue weighted by molar-refractivity contribution is 0.0951. The summed E-state index contributed by atoms with van der Waals surface area (Å²) in [5.41, 5.74) is 0.635. The number of aromatic nitrogens is 1. The first-order chi connectivity index (χ1) is 10.1. The number of anilines is 1. The number of carbonyl (C=O) groups is 1. The number of nitrogens with zero attached hydrogens (tertiary/aromatic N) is 2. The molecule has 0 aliphatic heterocycles. The van der Waals surface area contributed by atoms with Crippen molar-refractivity contribution < 1.29 is 4.79 Å². The monoisotopic (exact) mass is 291 g/mol. The van der Waals surface area contributed by atoms with Crippen LogP contribution in [0.3, 0.4) is 0 Å². The zero-order valence-electron chi connectivity index (χ0n) is 13.9. The maximum Gasteiger partial charge on any atom is 0.252 e. The highest BCUT2D eigenvalue weighted by molar-refractivity contribution is 5.94. The predicted octanol–water partition coefficient (Wildman–Crippen LogP) is 3.48. The van der Waals surface area contributed by atoms with Crippen LogP contribution in [0, 0.1) is 5.92 Å². The molecule has 0 saturated carbocycles. The van der Waals surface area contributed by atoms with Crippen LogP contribution in [0.25, 0.3) is 0 Å². The predicted molar refractivity (Wildman–Crippen MR) is 88.8 cm³/mol. The van der Waals surface area contributed by atoms with Gasteiger partial charge >= 0.3 is 0 Å². The molecule has 1 amide bonds. The van der Waals surface area contributed by atoms with Crippen molar-refractivity contribution in [3.8, 4) is 0 Å². The molecule has 0 spiro atoms. The molecular weight excluding hydrogens is 262 g/mol. The van der Waals surface area contributed by atoms with E-state index in [-0.39, 0.29) is 5.91 Å². The second-order valence-corrected chi connectivity index (χ2v) is 5.83. The summed E-state index contributed by atoms with van der Waals surface area (Å²) in [6.45, 7) is 11.4. The van der Waals surface area contributed by atoms with Gasteiger partial charge in [0.15, 0.2) is 0 Å². The molecule has 0 unspecified atom stereocenters. The molecule has 0 aromatic carbocycles. The second kappa shape index (κ2) is 9.37. The Balaban J connectivity index is 2.61. The number of nitrogens with one attached hydrogen (secondary N) is 1. The van der Waals surface area contributed by atoms with Gasteiger partial charge in [-0.25, -0.2) is 4.98 Å². The molecule has 0 fully saturated rings. The van der Waals surface area contributed by atoms with E-state index >= 15 is 0 Å². The summed E-state index contributed by atoms with van der Waals surface area (Å²) < 4.78 is 0. The number of pyridine rings is 1. The lowest BCUT2D eigenvalue weighted by Gasteiger charge is -2.22. The van der Waals surface area contributed by atoms with Crippen LogP contribution in [0.15, 0.2) is 18.3 Å². The van der Waals surface area contributed by atoms with Gasteiger partial charge in [-0.3, -0.25) is 4.79 Å². The number of rotatable bonds is 9. The number of hydrogen-bond donors (Lipinski definition) is 1. The van der Waals surface area contributed by atoms with Crippen LogP contribution in [0.4, 0.5) is 5.82 Å². The van der Waals surface area contributed by atoms with Crippen LogP contribution in [0.1, 0.15) is 57.3 Å². The normalized spacial score (nSPS) is 10.7. The molecule has 1 N–H and O–H groups in total. The van der Waals surface area contributed by atoms with Crippen molar-refractivity contribution in [1.82, 2.24) is 10.3 Å². The van der Waals surface area contributed by atoms with E-state index in [4.69, 9.17) is 0 Å². The van der Waals surface area contributed by atoms with Crippen molar-refractivity contribution >= 4 is 11.7 Å². The Morgan fingerprint density at radius 1 is 1.24 bits per heavy atom. The van der Waals surface area contributed by atoms with Gasteiger partial charge in [-0.15, -0.1) is 0 Å². The molecule has 21 heavy (non-hydrogen) atoms. The minimum Gasteiger partial charge on any atom is -0.357 e. The number of hydrogen-bond acceptors (Lipinski definition) is 3. The molecule has 1 aromatic rings. The van der Waals surface area contributed by atoms with E-state index in [1.807, 2.05) is 12.1 Å². The average molecular weight is 291 g/mol. The fraction of sp³-hybridized carbons (Fsp3) is 0.647. The van der Waals surface area contributed by atoms with E-state index < -0.39 is 0 Å². The smallest absolute Gasteiger partial charge is 0.252 e. The van der Waals surface area contributed by atoms with Gasteiger partial charge in [-0.2, -0.15) is 0 Å². The third-order valence-corrected chi connectivity index (χ3v) is 3.33. The van der Waals surface area contributed by atoms with E-state index in [0.29, 0.717) is 11.5 Å². The minimum atomic E-state index is -0.0350. The Bertz CT molecular complexity index is 409. The van der Waals surface area contributed by atoms with Gasteiger partial charge in [-0.1, -0.05) is 27.7 Å². The molecule has 0 radical (unpaired) electrons. The van der Waals surface area contributed by atoms with Crippen molar-refractivity contribution in [3.05, 3.63) is 23.9 Å². The fourth-order valence-electron chi connectivity index (χ4n) is 2.16. The van der Waals surface area contributed by atoms with E-state index in [1.165, 1.54) is 0 Å². The van der Waals surface area contributed by atoms with Crippen molar-refractivity contribution in [2.24, 2.45) is 5.92 Å². The van der Waals surface area contributed by atoms with Crippen molar-refractivity contribution in [1.29, 1.82) is 0 Å². The molecule has 4 nitrogen and oxygen atoms in total. The highest BCUT2D eigenvalue weighted by atomic mass is 16.1. The molecule has 1 rings (SSSR count).